The molecule has 1 fully saturated rings. The number of allylic oxidation sites excluding steroid dienone is 1. The van der Waals surface area contributed by atoms with Crippen LogP contribution < -0.4 is 10.2 Å². The Morgan fingerprint density at radius 2 is 2.00 bits per heavy atom. The van der Waals surface area contributed by atoms with Crippen LogP contribution >= 0.6 is 38.9 Å². The molecule has 0 aliphatic carbocycles. The molecule has 2 aliphatic rings. The summed E-state index contributed by atoms with van der Waals surface area (Å²) in [5.74, 6) is 0.101. The van der Waals surface area contributed by atoms with Gasteiger partial charge in [0.25, 0.3) is 0 Å². The molecular formula is C28H28BrClN6O4S. The molecule has 10 nitrogen and oxygen atoms in total. The largest absolute Gasteiger partial charge is 0.466 e. The van der Waals surface area contributed by atoms with Crippen LogP contribution in [0.5, 0.6) is 0 Å². The molecule has 5 rings (SSSR count). The minimum absolute atomic E-state index is 0.0162. The summed E-state index contributed by atoms with van der Waals surface area (Å²) >= 11 is 11.6. The maximum Gasteiger partial charge on any atom is 0.357 e. The molecule has 13 heteroatoms. The Morgan fingerprint density at radius 1 is 1.22 bits per heavy atom. The molecule has 4 heterocycles. The first kappa shape index (κ1) is 29.2. The fraction of sp³-hybridized carbons (Fsp3) is 0.357. The van der Waals surface area contributed by atoms with Gasteiger partial charge in [0.1, 0.15) is 6.04 Å². The van der Waals surface area contributed by atoms with E-state index in [-0.39, 0.29) is 18.2 Å². The third kappa shape index (κ3) is 6.14. The number of halogens is 2. The molecule has 1 atom stereocenters. The Morgan fingerprint density at radius 3 is 2.66 bits per heavy atom. The van der Waals surface area contributed by atoms with E-state index in [4.69, 9.17) is 26.1 Å². The zero-order valence-corrected chi connectivity index (χ0v) is 25.8. The Bertz CT molecular complexity index is 1520. The fourth-order valence-corrected chi connectivity index (χ4v) is 6.34. The number of ether oxygens (including phenoxy) is 2. The molecule has 3 aromatic rings. The van der Waals surface area contributed by atoms with Crippen LogP contribution in [0.2, 0.25) is 5.02 Å². The first-order chi connectivity index (χ1) is 19.8. The number of aryl methyl sites for hydroxylation is 1. The number of benzene rings is 1. The van der Waals surface area contributed by atoms with E-state index in [2.05, 4.69) is 36.2 Å². The molecule has 1 aromatic carbocycles. The summed E-state index contributed by atoms with van der Waals surface area (Å²) < 4.78 is 11.2. The maximum absolute atomic E-state index is 13.3. The molecule has 41 heavy (non-hydrogen) atoms. The lowest BCUT2D eigenvalue weighted by Crippen LogP contribution is -2.42. The van der Waals surface area contributed by atoms with Crippen molar-refractivity contribution in [2.45, 2.75) is 32.7 Å². The van der Waals surface area contributed by atoms with Gasteiger partial charge >= 0.3 is 11.9 Å². The average Bonchev–Trinajstić information content (AvgIpc) is 3.52. The van der Waals surface area contributed by atoms with Crippen molar-refractivity contribution in [3.63, 3.8) is 0 Å². The number of aliphatic imine (C=N–C) groups is 1. The Balaban J connectivity index is 1.48. The zero-order chi connectivity index (χ0) is 29.1. The van der Waals surface area contributed by atoms with E-state index in [1.807, 2.05) is 22.4 Å². The lowest BCUT2D eigenvalue weighted by molar-refractivity contribution is -0.136. The number of piperidine rings is 1. The van der Waals surface area contributed by atoms with Crippen LogP contribution in [-0.2, 0) is 14.3 Å². The normalized spacial score (nSPS) is 17.6. The number of thiazole rings is 1. The van der Waals surface area contributed by atoms with Crippen LogP contribution in [-0.4, -0.2) is 59.5 Å². The number of hydrogen-bond donors (Lipinski definition) is 1. The van der Waals surface area contributed by atoms with Crippen molar-refractivity contribution in [2.24, 2.45) is 10.9 Å². The third-order valence-electron chi connectivity index (χ3n) is 6.99. The molecule has 214 valence electrons. The van der Waals surface area contributed by atoms with Crippen LogP contribution in [0.3, 0.4) is 0 Å². The number of hydrogen-bond acceptors (Lipinski definition) is 11. The number of rotatable bonds is 7. The summed E-state index contributed by atoms with van der Waals surface area (Å²) in [6, 6.07) is 4.85. The topological polar surface area (TPSA) is 119 Å². The van der Waals surface area contributed by atoms with Gasteiger partial charge in [-0.15, -0.1) is 11.3 Å². The second-order valence-corrected chi connectivity index (χ2v) is 11.7. The monoisotopic (exact) mass is 658 g/mol. The molecule has 0 bridgehead atoms. The van der Waals surface area contributed by atoms with E-state index in [1.165, 1.54) is 18.4 Å². The van der Waals surface area contributed by atoms with E-state index in [1.54, 1.807) is 32.3 Å². The van der Waals surface area contributed by atoms with Crippen molar-refractivity contribution >= 4 is 62.6 Å². The standard InChI is InChI=1S/C28H28BrClN6O4S/c1-4-40-27(38)21-15(2)14-32-28(35-21)36-10-7-16(8-11-36)22-20(26(37)39-3)23(18-6-5-17(29)13-19(18)30)34-24(33-22)25-31-9-12-41-25/h5-6,9,12-14,16,23H,4,7-8,10-11H2,1-3H3,(H,33,34). The maximum atomic E-state index is 13.3. The van der Waals surface area contributed by atoms with E-state index >= 15 is 0 Å². The Kier molecular flexibility index (Phi) is 9.00. The summed E-state index contributed by atoms with van der Waals surface area (Å²) in [4.78, 5) is 46.1. The average molecular weight is 660 g/mol. The smallest absolute Gasteiger partial charge is 0.357 e. The lowest BCUT2D eigenvalue weighted by Gasteiger charge is -2.36. The first-order valence-electron chi connectivity index (χ1n) is 13.1. The number of nitrogens with one attached hydrogen (secondary N) is 1. The number of methoxy groups -OCH3 is 1. The second-order valence-electron chi connectivity index (χ2n) is 9.51. The van der Waals surface area contributed by atoms with Gasteiger partial charge < -0.3 is 19.7 Å². The highest BCUT2D eigenvalue weighted by atomic mass is 79.9. The van der Waals surface area contributed by atoms with Crippen molar-refractivity contribution in [1.82, 2.24) is 20.3 Å². The second kappa shape index (κ2) is 12.7. The van der Waals surface area contributed by atoms with Crippen LogP contribution in [0.4, 0.5) is 5.95 Å². The molecule has 0 amide bonds. The van der Waals surface area contributed by atoms with Crippen molar-refractivity contribution in [3.8, 4) is 0 Å². The molecule has 0 radical (unpaired) electrons. The van der Waals surface area contributed by atoms with Gasteiger partial charge in [0.15, 0.2) is 16.5 Å². The quantitative estimate of drug-likeness (QED) is 0.339. The number of esters is 2. The first-order valence-corrected chi connectivity index (χ1v) is 15.1. The van der Waals surface area contributed by atoms with Gasteiger partial charge in [-0.25, -0.2) is 24.5 Å². The van der Waals surface area contributed by atoms with Gasteiger partial charge in [0.2, 0.25) is 5.95 Å². The molecule has 1 N–H and O–H groups in total. The molecule has 2 aromatic heterocycles. The molecule has 0 spiro atoms. The van der Waals surface area contributed by atoms with Gasteiger partial charge in [-0.2, -0.15) is 0 Å². The van der Waals surface area contributed by atoms with Gasteiger partial charge in [0, 0.05) is 63.1 Å². The third-order valence-corrected chi connectivity index (χ3v) is 8.59. The SMILES string of the molecule is CCOC(=O)c1nc(N2CCC(C3=C(C(=O)OC)C(c4ccc(Br)cc4Cl)N=C(c4nccs4)N3)CC2)ncc1C. The van der Waals surface area contributed by atoms with Gasteiger partial charge in [-0.1, -0.05) is 33.6 Å². The molecule has 2 aliphatic heterocycles. The van der Waals surface area contributed by atoms with Gasteiger partial charge in [-0.05, 0) is 38.8 Å². The summed E-state index contributed by atoms with van der Waals surface area (Å²) in [6.45, 7) is 5.04. The number of carbonyl (C=O) groups excluding carboxylic acids is 2. The van der Waals surface area contributed by atoms with E-state index in [9.17, 15) is 9.59 Å². The van der Waals surface area contributed by atoms with Crippen molar-refractivity contribution in [3.05, 3.63) is 78.6 Å². The minimum atomic E-state index is -0.677. The number of carbonyl (C=O) groups is 2. The molecular weight excluding hydrogens is 632 g/mol. The van der Waals surface area contributed by atoms with Crippen LogP contribution in [0, 0.1) is 12.8 Å². The van der Waals surface area contributed by atoms with E-state index < -0.39 is 18.0 Å². The molecule has 1 saturated heterocycles. The summed E-state index contributed by atoms with van der Waals surface area (Å²) in [5.41, 5.74) is 2.79. The summed E-state index contributed by atoms with van der Waals surface area (Å²) in [5, 5.41) is 6.51. The number of aromatic nitrogens is 3. The Labute approximate surface area is 255 Å². The highest BCUT2D eigenvalue weighted by Gasteiger charge is 2.37. The zero-order valence-electron chi connectivity index (χ0n) is 22.7. The predicted molar refractivity (Wildman–Crippen MR) is 160 cm³/mol. The highest BCUT2D eigenvalue weighted by Crippen LogP contribution is 2.40. The van der Waals surface area contributed by atoms with Gasteiger partial charge in [-0.3, -0.25) is 4.99 Å². The number of nitrogens with zero attached hydrogens (tertiary/aromatic N) is 5. The van der Waals surface area contributed by atoms with E-state index in [0.29, 0.717) is 64.4 Å². The number of amidine groups is 1. The summed E-state index contributed by atoms with van der Waals surface area (Å²) in [6.07, 6.45) is 4.75. The number of anilines is 1. The Hall–Kier alpha value is -3.35. The molecule has 1 unspecified atom stereocenters. The summed E-state index contributed by atoms with van der Waals surface area (Å²) in [7, 11) is 1.37. The van der Waals surface area contributed by atoms with Crippen molar-refractivity contribution < 1.29 is 19.1 Å². The van der Waals surface area contributed by atoms with Crippen molar-refractivity contribution in [2.75, 3.05) is 31.7 Å². The van der Waals surface area contributed by atoms with E-state index in [0.717, 1.165) is 10.2 Å². The minimum Gasteiger partial charge on any atom is -0.466 e. The lowest BCUT2D eigenvalue weighted by atomic mass is 9.86. The van der Waals surface area contributed by atoms with Crippen molar-refractivity contribution in [1.29, 1.82) is 0 Å². The van der Waals surface area contributed by atoms with Crippen LogP contribution in [0.15, 0.2) is 56.7 Å². The van der Waals surface area contributed by atoms with Crippen LogP contribution in [0.25, 0.3) is 0 Å². The van der Waals surface area contributed by atoms with Crippen LogP contribution in [0.1, 0.15) is 52.4 Å². The highest BCUT2D eigenvalue weighted by molar-refractivity contribution is 9.10. The molecule has 0 saturated carbocycles. The fourth-order valence-electron chi connectivity index (χ4n) is 4.98. The predicted octanol–water partition coefficient (Wildman–Crippen LogP) is 5.27. The van der Waals surface area contributed by atoms with Gasteiger partial charge in [0.05, 0.1) is 19.3 Å².